The average molecular weight is 195 g/mol. The first-order valence-corrected chi connectivity index (χ1v) is 3.97. The van der Waals surface area contributed by atoms with E-state index in [1.54, 1.807) is 0 Å². The molecule has 0 saturated carbocycles. The number of carboxylic acids is 1. The molecule has 0 radical (unpaired) electrons. The van der Waals surface area contributed by atoms with Crippen LogP contribution in [0.25, 0.3) is 0 Å². The van der Waals surface area contributed by atoms with Gasteiger partial charge in [-0.05, 0) is 23.8 Å². The van der Waals surface area contributed by atoms with Crippen molar-refractivity contribution >= 4 is 5.97 Å². The third-order valence-corrected chi connectivity index (χ3v) is 1.86. The van der Waals surface area contributed by atoms with Gasteiger partial charge in [-0.25, -0.2) is 9.18 Å². The van der Waals surface area contributed by atoms with Gasteiger partial charge < -0.3 is 10.8 Å². The molecule has 3 nitrogen and oxygen atoms in total. The van der Waals surface area contributed by atoms with Crippen molar-refractivity contribution < 1.29 is 14.3 Å². The quantitative estimate of drug-likeness (QED) is 0.721. The molecular formula is C10H10FNO2. The lowest BCUT2D eigenvalue weighted by Crippen LogP contribution is -2.13. The second kappa shape index (κ2) is 4.02. The van der Waals surface area contributed by atoms with E-state index in [2.05, 4.69) is 6.58 Å². The van der Waals surface area contributed by atoms with Gasteiger partial charge >= 0.3 is 5.97 Å². The van der Waals surface area contributed by atoms with Crippen LogP contribution in [0.2, 0.25) is 0 Å². The molecule has 3 N–H and O–H groups in total. The fourth-order valence-electron chi connectivity index (χ4n) is 1.13. The van der Waals surface area contributed by atoms with Gasteiger partial charge in [-0.2, -0.15) is 0 Å². The molecule has 14 heavy (non-hydrogen) atoms. The smallest absolute Gasteiger partial charge is 0.336 e. The molecule has 0 unspecified atom stereocenters. The first kappa shape index (κ1) is 10.4. The standard InChI is InChI=1S/C10H10FNO2/c1-2-9(12)8-5-6(11)3-4-7(8)10(13)14/h2-5,9H,1,12H2,(H,13,14)/t9-/m1/s1. The van der Waals surface area contributed by atoms with Crippen LogP contribution in [0.3, 0.4) is 0 Å². The molecule has 1 aromatic rings. The van der Waals surface area contributed by atoms with Crippen molar-refractivity contribution in [1.82, 2.24) is 0 Å². The van der Waals surface area contributed by atoms with Gasteiger partial charge in [0.25, 0.3) is 0 Å². The Balaban J connectivity index is 3.29. The number of aromatic carboxylic acids is 1. The number of hydrogen-bond donors (Lipinski definition) is 2. The average Bonchev–Trinajstić information content (AvgIpc) is 2.16. The van der Waals surface area contributed by atoms with Crippen LogP contribution in [0.15, 0.2) is 30.9 Å². The maximum atomic E-state index is 12.8. The minimum atomic E-state index is -1.13. The van der Waals surface area contributed by atoms with E-state index in [0.717, 1.165) is 12.1 Å². The Morgan fingerprint density at radius 2 is 2.29 bits per heavy atom. The lowest BCUT2D eigenvalue weighted by molar-refractivity contribution is 0.0695. The summed E-state index contributed by atoms with van der Waals surface area (Å²) in [6, 6.07) is 2.71. The molecule has 0 fully saturated rings. The van der Waals surface area contributed by atoms with Crippen molar-refractivity contribution in [1.29, 1.82) is 0 Å². The SMILES string of the molecule is C=C[C@@H](N)c1cc(F)ccc1C(=O)O. The van der Waals surface area contributed by atoms with E-state index >= 15 is 0 Å². The highest BCUT2D eigenvalue weighted by molar-refractivity contribution is 5.89. The van der Waals surface area contributed by atoms with E-state index in [4.69, 9.17) is 10.8 Å². The molecule has 1 aromatic carbocycles. The number of carboxylic acid groups (broad SMARTS) is 1. The zero-order valence-corrected chi connectivity index (χ0v) is 7.40. The molecule has 4 heteroatoms. The van der Waals surface area contributed by atoms with Crippen LogP contribution in [0.4, 0.5) is 4.39 Å². The molecule has 74 valence electrons. The summed E-state index contributed by atoms with van der Waals surface area (Å²) in [7, 11) is 0. The summed E-state index contributed by atoms with van der Waals surface area (Å²) in [4.78, 5) is 10.7. The van der Waals surface area contributed by atoms with Crippen LogP contribution in [0.1, 0.15) is 22.0 Å². The number of rotatable bonds is 3. The van der Waals surface area contributed by atoms with Gasteiger partial charge in [-0.3, -0.25) is 0 Å². The number of carbonyl (C=O) groups is 1. The van der Waals surface area contributed by atoms with Gasteiger partial charge in [-0.1, -0.05) is 6.08 Å². The molecule has 0 aliphatic rings. The second-order valence-electron chi connectivity index (χ2n) is 2.80. The molecule has 0 aromatic heterocycles. The minimum absolute atomic E-state index is 0.00111. The molecule has 1 atom stereocenters. The molecule has 0 saturated heterocycles. The first-order chi connectivity index (χ1) is 6.56. The van der Waals surface area contributed by atoms with Crippen LogP contribution >= 0.6 is 0 Å². The highest BCUT2D eigenvalue weighted by Crippen LogP contribution is 2.18. The predicted octanol–water partition coefficient (Wildman–Crippen LogP) is 1.71. The Morgan fingerprint density at radius 1 is 1.64 bits per heavy atom. The lowest BCUT2D eigenvalue weighted by Gasteiger charge is -2.09. The molecule has 0 spiro atoms. The van der Waals surface area contributed by atoms with E-state index in [-0.39, 0.29) is 11.1 Å². The number of hydrogen-bond acceptors (Lipinski definition) is 2. The fourth-order valence-corrected chi connectivity index (χ4v) is 1.13. The molecular weight excluding hydrogens is 185 g/mol. The summed E-state index contributed by atoms with van der Waals surface area (Å²) in [5.41, 5.74) is 5.78. The second-order valence-corrected chi connectivity index (χ2v) is 2.80. The maximum absolute atomic E-state index is 12.8. The summed E-state index contributed by atoms with van der Waals surface area (Å²) in [6.45, 7) is 3.43. The Bertz CT molecular complexity index is 376. The van der Waals surface area contributed by atoms with Gasteiger partial charge in [0.1, 0.15) is 5.82 Å². The summed E-state index contributed by atoms with van der Waals surface area (Å²) in [5, 5.41) is 8.79. The van der Waals surface area contributed by atoms with E-state index in [1.807, 2.05) is 0 Å². The fraction of sp³-hybridized carbons (Fsp3) is 0.100. The molecule has 1 rings (SSSR count). The van der Waals surface area contributed by atoms with Crippen molar-refractivity contribution in [2.24, 2.45) is 5.73 Å². The molecule has 0 bridgehead atoms. The van der Waals surface area contributed by atoms with Crippen molar-refractivity contribution in [2.75, 3.05) is 0 Å². The minimum Gasteiger partial charge on any atom is -0.478 e. The Hall–Kier alpha value is -1.68. The van der Waals surface area contributed by atoms with E-state index in [0.29, 0.717) is 0 Å². The van der Waals surface area contributed by atoms with Gasteiger partial charge in [0.05, 0.1) is 5.56 Å². The maximum Gasteiger partial charge on any atom is 0.336 e. The van der Waals surface area contributed by atoms with Crippen LogP contribution < -0.4 is 5.73 Å². The third-order valence-electron chi connectivity index (χ3n) is 1.86. The molecule has 0 aliphatic heterocycles. The number of halogens is 1. The lowest BCUT2D eigenvalue weighted by atomic mass is 10.0. The Morgan fingerprint density at radius 3 is 2.79 bits per heavy atom. The van der Waals surface area contributed by atoms with Crippen molar-refractivity contribution in [3.63, 3.8) is 0 Å². The van der Waals surface area contributed by atoms with Crippen molar-refractivity contribution in [3.05, 3.63) is 47.8 Å². The van der Waals surface area contributed by atoms with Crippen LogP contribution in [-0.2, 0) is 0 Å². The highest BCUT2D eigenvalue weighted by atomic mass is 19.1. The first-order valence-electron chi connectivity index (χ1n) is 3.97. The normalized spacial score (nSPS) is 12.1. The van der Waals surface area contributed by atoms with E-state index < -0.39 is 17.8 Å². The molecule has 0 heterocycles. The van der Waals surface area contributed by atoms with E-state index in [1.165, 1.54) is 12.1 Å². The van der Waals surface area contributed by atoms with Crippen LogP contribution in [0.5, 0.6) is 0 Å². The van der Waals surface area contributed by atoms with Crippen LogP contribution in [-0.4, -0.2) is 11.1 Å². The predicted molar refractivity (Wildman–Crippen MR) is 50.5 cm³/mol. The third kappa shape index (κ3) is 1.97. The largest absolute Gasteiger partial charge is 0.478 e. The molecule has 0 amide bonds. The highest BCUT2D eigenvalue weighted by Gasteiger charge is 2.14. The Kier molecular flexibility index (Phi) is 2.99. The Labute approximate surface area is 80.7 Å². The van der Waals surface area contributed by atoms with E-state index in [9.17, 15) is 9.18 Å². The van der Waals surface area contributed by atoms with Crippen LogP contribution in [0, 0.1) is 5.82 Å². The van der Waals surface area contributed by atoms with Gasteiger partial charge in [-0.15, -0.1) is 6.58 Å². The molecule has 0 aliphatic carbocycles. The summed E-state index contributed by atoms with van der Waals surface area (Å²) < 4.78 is 12.8. The topological polar surface area (TPSA) is 63.3 Å². The monoisotopic (exact) mass is 195 g/mol. The van der Waals surface area contributed by atoms with Gasteiger partial charge in [0.2, 0.25) is 0 Å². The van der Waals surface area contributed by atoms with Gasteiger partial charge in [0.15, 0.2) is 0 Å². The summed E-state index contributed by atoms with van der Waals surface area (Å²) in [5.74, 6) is -1.64. The van der Waals surface area contributed by atoms with Gasteiger partial charge in [0, 0.05) is 6.04 Å². The zero-order chi connectivity index (χ0) is 10.7. The summed E-state index contributed by atoms with van der Waals surface area (Å²) >= 11 is 0. The number of nitrogens with two attached hydrogens (primary N) is 1. The summed E-state index contributed by atoms with van der Waals surface area (Å²) in [6.07, 6.45) is 1.36. The van der Waals surface area contributed by atoms with Crippen molar-refractivity contribution in [3.8, 4) is 0 Å². The zero-order valence-electron chi connectivity index (χ0n) is 7.40. The number of benzene rings is 1. The van der Waals surface area contributed by atoms with Crippen molar-refractivity contribution in [2.45, 2.75) is 6.04 Å².